The van der Waals surface area contributed by atoms with Gasteiger partial charge in [0, 0.05) is 16.6 Å². The van der Waals surface area contributed by atoms with Crippen LogP contribution in [0.25, 0.3) is 11.0 Å². The Hall–Kier alpha value is -4.64. The smallest absolute Gasteiger partial charge is 0.249 e. The Labute approximate surface area is 222 Å². The number of benzene rings is 2. The highest BCUT2D eigenvalue weighted by Gasteiger charge is 2.34. The number of thiophene rings is 1. The first-order valence-corrected chi connectivity index (χ1v) is 12.6. The van der Waals surface area contributed by atoms with Crippen LogP contribution in [0.2, 0.25) is 0 Å². The number of anilines is 1. The molecule has 2 amide bonds. The van der Waals surface area contributed by atoms with E-state index in [9.17, 15) is 9.59 Å². The van der Waals surface area contributed by atoms with E-state index >= 15 is 0 Å². The maximum Gasteiger partial charge on any atom is 0.249 e. The molecule has 1 atom stereocenters. The molecular weight excluding hydrogens is 506 g/mol. The van der Waals surface area contributed by atoms with Crippen molar-refractivity contribution < 1.29 is 23.5 Å². The van der Waals surface area contributed by atoms with Gasteiger partial charge in [0.15, 0.2) is 11.5 Å². The van der Waals surface area contributed by atoms with Gasteiger partial charge in [0.2, 0.25) is 11.8 Å². The highest BCUT2D eigenvalue weighted by Crippen LogP contribution is 2.36. The number of hydrogen-bond donors (Lipinski definition) is 1. The van der Waals surface area contributed by atoms with E-state index in [0.29, 0.717) is 38.9 Å². The van der Waals surface area contributed by atoms with Gasteiger partial charge in [-0.05, 0) is 47.8 Å². The topological polar surface area (TPSA) is 112 Å². The predicted molar refractivity (Wildman–Crippen MR) is 142 cm³/mol. The molecule has 0 fully saturated rings. The van der Waals surface area contributed by atoms with Crippen LogP contribution < -0.4 is 19.7 Å². The molecule has 0 aliphatic carbocycles. The number of para-hydroxylation sites is 1. The third kappa shape index (κ3) is 5.09. The SMILES string of the molecule is COc1ccc(N(C(=O)Cn2nnc3ccccc32)C(C(=O)NCc2ccco2)c2cccs2)cc1OC. The molecule has 5 rings (SSSR count). The number of rotatable bonds is 10. The number of amides is 2. The molecule has 0 saturated heterocycles. The van der Waals surface area contributed by atoms with Crippen LogP contribution in [0.5, 0.6) is 11.5 Å². The Balaban J connectivity index is 1.56. The summed E-state index contributed by atoms with van der Waals surface area (Å²) in [5.41, 5.74) is 1.84. The summed E-state index contributed by atoms with van der Waals surface area (Å²) in [7, 11) is 3.05. The molecule has 3 aromatic heterocycles. The molecule has 0 saturated carbocycles. The largest absolute Gasteiger partial charge is 0.493 e. The number of nitrogens with one attached hydrogen (secondary N) is 1. The lowest BCUT2D eigenvalue weighted by molar-refractivity contribution is -0.127. The summed E-state index contributed by atoms with van der Waals surface area (Å²) in [5, 5.41) is 13.1. The van der Waals surface area contributed by atoms with Crippen LogP contribution in [0.4, 0.5) is 5.69 Å². The van der Waals surface area contributed by atoms with Crippen molar-refractivity contribution in [3.8, 4) is 11.5 Å². The fourth-order valence-corrected chi connectivity index (χ4v) is 4.97. The normalized spacial score (nSPS) is 11.7. The summed E-state index contributed by atoms with van der Waals surface area (Å²) in [6.45, 7) is 0.0393. The average molecular weight is 532 g/mol. The third-order valence-corrected chi connectivity index (χ3v) is 6.88. The van der Waals surface area contributed by atoms with Crippen molar-refractivity contribution in [1.82, 2.24) is 20.3 Å². The number of hydrogen-bond acceptors (Lipinski definition) is 8. The van der Waals surface area contributed by atoms with E-state index in [2.05, 4.69) is 15.6 Å². The highest BCUT2D eigenvalue weighted by atomic mass is 32.1. The zero-order valence-corrected chi connectivity index (χ0v) is 21.6. The predicted octanol–water partition coefficient (Wildman–Crippen LogP) is 4.19. The van der Waals surface area contributed by atoms with Gasteiger partial charge in [0.25, 0.3) is 0 Å². The fraction of sp³-hybridized carbons (Fsp3) is 0.185. The average Bonchev–Trinajstić information content (AvgIpc) is 3.73. The first-order valence-electron chi connectivity index (χ1n) is 11.7. The second kappa shape index (κ2) is 11.2. The minimum Gasteiger partial charge on any atom is -0.493 e. The molecule has 2 aromatic carbocycles. The van der Waals surface area contributed by atoms with Crippen LogP contribution in [0.3, 0.4) is 0 Å². The van der Waals surface area contributed by atoms with Crippen LogP contribution in [0.1, 0.15) is 16.7 Å². The summed E-state index contributed by atoms with van der Waals surface area (Å²) in [6.07, 6.45) is 1.54. The molecule has 1 N–H and O–H groups in total. The summed E-state index contributed by atoms with van der Waals surface area (Å²) in [5.74, 6) is 0.798. The highest BCUT2D eigenvalue weighted by molar-refractivity contribution is 7.10. The summed E-state index contributed by atoms with van der Waals surface area (Å²) < 4.78 is 17.8. The summed E-state index contributed by atoms with van der Waals surface area (Å²) >= 11 is 1.38. The van der Waals surface area contributed by atoms with E-state index in [1.54, 1.807) is 36.6 Å². The van der Waals surface area contributed by atoms with E-state index in [1.165, 1.54) is 35.1 Å². The number of furan rings is 1. The molecule has 194 valence electrons. The Morgan fingerprint density at radius 3 is 2.63 bits per heavy atom. The zero-order valence-electron chi connectivity index (χ0n) is 20.7. The zero-order chi connectivity index (χ0) is 26.5. The maximum atomic E-state index is 14.1. The van der Waals surface area contributed by atoms with Gasteiger partial charge in [0.1, 0.15) is 23.9 Å². The van der Waals surface area contributed by atoms with E-state index < -0.39 is 6.04 Å². The van der Waals surface area contributed by atoms with Crippen molar-refractivity contribution in [2.75, 3.05) is 19.1 Å². The number of aromatic nitrogens is 3. The minimum atomic E-state index is -0.967. The van der Waals surface area contributed by atoms with E-state index in [1.807, 2.05) is 41.8 Å². The molecule has 0 radical (unpaired) electrons. The molecule has 0 spiro atoms. The number of nitrogens with zero attached hydrogens (tertiary/aromatic N) is 4. The molecule has 10 nitrogen and oxygen atoms in total. The lowest BCUT2D eigenvalue weighted by Crippen LogP contribution is -2.45. The maximum absolute atomic E-state index is 14.1. The molecule has 5 aromatic rings. The standard InChI is InChI=1S/C27H25N5O5S/c1-35-22-12-11-18(15-23(22)36-2)32(25(33)17-31-21-9-4-3-8-20(21)29-30-31)26(24-10-6-14-38-24)27(34)28-16-19-7-5-13-37-19/h3-15,26H,16-17H2,1-2H3,(H,28,34). The van der Waals surface area contributed by atoms with Crippen molar-refractivity contribution in [3.05, 3.63) is 89.0 Å². The Bertz CT molecular complexity index is 1530. The molecule has 1 unspecified atom stereocenters. The van der Waals surface area contributed by atoms with Crippen molar-refractivity contribution in [2.45, 2.75) is 19.1 Å². The lowest BCUT2D eigenvalue weighted by Gasteiger charge is -2.31. The molecule has 0 aliphatic heterocycles. The van der Waals surface area contributed by atoms with Gasteiger partial charge in [-0.3, -0.25) is 14.5 Å². The summed E-state index contributed by atoms with van der Waals surface area (Å²) in [6, 6.07) is 18.7. The van der Waals surface area contributed by atoms with Gasteiger partial charge < -0.3 is 19.2 Å². The first-order chi connectivity index (χ1) is 18.6. The van der Waals surface area contributed by atoms with Gasteiger partial charge >= 0.3 is 0 Å². The fourth-order valence-electron chi connectivity index (χ4n) is 4.15. The lowest BCUT2D eigenvalue weighted by atomic mass is 10.1. The molecule has 11 heteroatoms. The van der Waals surface area contributed by atoms with Crippen molar-refractivity contribution in [2.24, 2.45) is 0 Å². The number of ether oxygens (including phenoxy) is 2. The number of fused-ring (bicyclic) bond motifs is 1. The van der Waals surface area contributed by atoms with Gasteiger partial charge in [0.05, 0.1) is 32.5 Å². The first kappa shape index (κ1) is 25.0. The molecular formula is C27H25N5O5S. The van der Waals surface area contributed by atoms with Crippen LogP contribution in [-0.2, 0) is 22.7 Å². The number of methoxy groups -OCH3 is 2. The van der Waals surface area contributed by atoms with E-state index in [0.717, 1.165) is 0 Å². The molecule has 0 aliphatic rings. The Kier molecular flexibility index (Phi) is 7.36. The second-order valence-electron chi connectivity index (χ2n) is 8.25. The van der Waals surface area contributed by atoms with Gasteiger partial charge in [-0.2, -0.15) is 0 Å². The van der Waals surface area contributed by atoms with Crippen LogP contribution in [0.15, 0.2) is 82.8 Å². The van der Waals surface area contributed by atoms with Crippen LogP contribution >= 0.6 is 11.3 Å². The molecule has 38 heavy (non-hydrogen) atoms. The van der Waals surface area contributed by atoms with Gasteiger partial charge in [-0.25, -0.2) is 4.68 Å². The number of carbonyl (C=O) groups excluding carboxylic acids is 2. The minimum absolute atomic E-state index is 0.137. The van der Waals surface area contributed by atoms with Gasteiger partial charge in [-0.1, -0.05) is 23.4 Å². The second-order valence-corrected chi connectivity index (χ2v) is 9.23. The monoisotopic (exact) mass is 531 g/mol. The van der Waals surface area contributed by atoms with Crippen LogP contribution in [0, 0.1) is 0 Å². The van der Waals surface area contributed by atoms with Crippen LogP contribution in [-0.4, -0.2) is 41.0 Å². The third-order valence-electron chi connectivity index (χ3n) is 5.96. The number of carbonyl (C=O) groups is 2. The van der Waals surface area contributed by atoms with E-state index in [-0.39, 0.29) is 24.9 Å². The molecule has 0 bridgehead atoms. The van der Waals surface area contributed by atoms with Crippen molar-refractivity contribution in [3.63, 3.8) is 0 Å². The Morgan fingerprint density at radius 1 is 1.05 bits per heavy atom. The van der Waals surface area contributed by atoms with Crippen molar-refractivity contribution in [1.29, 1.82) is 0 Å². The van der Waals surface area contributed by atoms with Crippen molar-refractivity contribution >= 4 is 39.9 Å². The van der Waals surface area contributed by atoms with E-state index in [4.69, 9.17) is 13.9 Å². The quantitative estimate of drug-likeness (QED) is 0.288. The Morgan fingerprint density at radius 2 is 1.89 bits per heavy atom. The summed E-state index contributed by atoms with van der Waals surface area (Å²) in [4.78, 5) is 29.9. The molecule has 3 heterocycles. The van der Waals surface area contributed by atoms with Gasteiger partial charge in [-0.15, -0.1) is 16.4 Å².